The summed E-state index contributed by atoms with van der Waals surface area (Å²) >= 11 is 5.94. The minimum absolute atomic E-state index is 0. The van der Waals surface area contributed by atoms with E-state index in [1.54, 1.807) is 0 Å². The van der Waals surface area contributed by atoms with Gasteiger partial charge < -0.3 is 14.8 Å². The van der Waals surface area contributed by atoms with Crippen LogP contribution in [0.2, 0.25) is 5.02 Å². The SMILES string of the molecule is CCOc1cc(CNC(C)c2ccccc2)ccc1OCc1ccc(Cl)cc1.Cl. The van der Waals surface area contributed by atoms with Crippen LogP contribution in [-0.2, 0) is 13.2 Å². The molecule has 0 heterocycles. The third kappa shape index (κ3) is 6.97. The van der Waals surface area contributed by atoms with Crippen molar-refractivity contribution in [1.82, 2.24) is 5.32 Å². The molecule has 154 valence electrons. The van der Waals surface area contributed by atoms with Crippen molar-refractivity contribution >= 4 is 24.0 Å². The Morgan fingerprint density at radius 1 is 0.862 bits per heavy atom. The lowest BCUT2D eigenvalue weighted by Crippen LogP contribution is -2.18. The molecule has 0 saturated carbocycles. The van der Waals surface area contributed by atoms with Crippen LogP contribution >= 0.6 is 24.0 Å². The maximum Gasteiger partial charge on any atom is 0.161 e. The van der Waals surface area contributed by atoms with Gasteiger partial charge in [0, 0.05) is 17.6 Å². The molecule has 29 heavy (non-hydrogen) atoms. The average Bonchev–Trinajstić information content (AvgIpc) is 2.73. The fourth-order valence-corrected chi connectivity index (χ4v) is 3.05. The Hall–Kier alpha value is -2.20. The Balaban J connectivity index is 0.00000300. The van der Waals surface area contributed by atoms with Gasteiger partial charge in [0.1, 0.15) is 6.61 Å². The first-order chi connectivity index (χ1) is 13.7. The maximum absolute atomic E-state index is 5.98. The monoisotopic (exact) mass is 431 g/mol. The number of benzene rings is 3. The van der Waals surface area contributed by atoms with Gasteiger partial charge in [-0.25, -0.2) is 0 Å². The molecule has 1 N–H and O–H groups in total. The number of nitrogens with one attached hydrogen (secondary N) is 1. The lowest BCUT2D eigenvalue weighted by molar-refractivity contribution is 0.269. The van der Waals surface area contributed by atoms with Crippen LogP contribution in [0.3, 0.4) is 0 Å². The fraction of sp³-hybridized carbons (Fsp3) is 0.250. The van der Waals surface area contributed by atoms with Crippen LogP contribution in [0, 0.1) is 0 Å². The van der Waals surface area contributed by atoms with Crippen molar-refractivity contribution in [3.63, 3.8) is 0 Å². The molecule has 3 nitrogen and oxygen atoms in total. The van der Waals surface area contributed by atoms with Gasteiger partial charge in [0.05, 0.1) is 6.61 Å². The summed E-state index contributed by atoms with van der Waals surface area (Å²) in [5.41, 5.74) is 3.50. The summed E-state index contributed by atoms with van der Waals surface area (Å²) in [6.07, 6.45) is 0. The smallest absolute Gasteiger partial charge is 0.161 e. The highest BCUT2D eigenvalue weighted by molar-refractivity contribution is 6.30. The molecule has 1 unspecified atom stereocenters. The highest BCUT2D eigenvalue weighted by atomic mass is 35.5. The van der Waals surface area contributed by atoms with E-state index in [-0.39, 0.29) is 18.4 Å². The summed E-state index contributed by atoms with van der Waals surface area (Å²) in [6, 6.07) is 24.5. The average molecular weight is 432 g/mol. The van der Waals surface area contributed by atoms with Crippen LogP contribution in [0.15, 0.2) is 72.8 Å². The van der Waals surface area contributed by atoms with Gasteiger partial charge in [0.2, 0.25) is 0 Å². The van der Waals surface area contributed by atoms with Crippen molar-refractivity contribution < 1.29 is 9.47 Å². The summed E-state index contributed by atoms with van der Waals surface area (Å²) in [4.78, 5) is 0. The van der Waals surface area contributed by atoms with Gasteiger partial charge in [-0.1, -0.05) is 60.1 Å². The Labute approximate surface area is 184 Å². The van der Waals surface area contributed by atoms with E-state index in [1.165, 1.54) is 5.56 Å². The van der Waals surface area contributed by atoms with Crippen molar-refractivity contribution in [3.8, 4) is 11.5 Å². The zero-order valence-corrected chi connectivity index (χ0v) is 18.3. The van der Waals surface area contributed by atoms with E-state index >= 15 is 0 Å². The van der Waals surface area contributed by atoms with E-state index in [0.717, 1.165) is 34.2 Å². The van der Waals surface area contributed by atoms with Crippen LogP contribution in [0.5, 0.6) is 11.5 Å². The van der Waals surface area contributed by atoms with Crippen LogP contribution in [0.4, 0.5) is 0 Å². The summed E-state index contributed by atoms with van der Waals surface area (Å²) in [7, 11) is 0. The second kappa shape index (κ2) is 11.7. The Morgan fingerprint density at radius 2 is 1.55 bits per heavy atom. The van der Waals surface area contributed by atoms with Crippen molar-refractivity contribution in [2.24, 2.45) is 0 Å². The number of ether oxygens (including phenoxy) is 2. The predicted octanol–water partition coefficient (Wildman–Crippen LogP) is 6.59. The summed E-state index contributed by atoms with van der Waals surface area (Å²) < 4.78 is 11.8. The summed E-state index contributed by atoms with van der Waals surface area (Å²) in [5, 5.41) is 4.28. The lowest BCUT2D eigenvalue weighted by Gasteiger charge is -2.16. The van der Waals surface area contributed by atoms with Gasteiger partial charge in [0.15, 0.2) is 11.5 Å². The predicted molar refractivity (Wildman–Crippen MR) is 122 cm³/mol. The van der Waals surface area contributed by atoms with Gasteiger partial charge in [0.25, 0.3) is 0 Å². The molecular formula is C24H27Cl2NO2. The normalized spacial score (nSPS) is 11.4. The standard InChI is InChI=1S/C24H26ClNO2.ClH/c1-3-27-24-15-20(16-26-18(2)21-7-5-4-6-8-21)11-14-23(24)28-17-19-9-12-22(25)13-10-19;/h4-15,18,26H,3,16-17H2,1-2H3;1H. The van der Waals surface area contributed by atoms with Crippen LogP contribution in [0.25, 0.3) is 0 Å². The number of hydrogen-bond acceptors (Lipinski definition) is 3. The van der Waals surface area contributed by atoms with E-state index < -0.39 is 0 Å². The Kier molecular flexibility index (Phi) is 9.33. The van der Waals surface area contributed by atoms with Gasteiger partial charge in [-0.05, 0) is 54.8 Å². The number of rotatable bonds is 9. The van der Waals surface area contributed by atoms with E-state index in [2.05, 4.69) is 42.6 Å². The Bertz CT molecular complexity index is 870. The third-order valence-electron chi connectivity index (χ3n) is 4.53. The minimum atomic E-state index is 0. The van der Waals surface area contributed by atoms with Gasteiger partial charge in [-0.2, -0.15) is 0 Å². The molecule has 0 spiro atoms. The van der Waals surface area contributed by atoms with Crippen molar-refractivity contribution in [2.45, 2.75) is 33.0 Å². The van der Waals surface area contributed by atoms with Gasteiger partial charge in [-0.3, -0.25) is 0 Å². The van der Waals surface area contributed by atoms with Gasteiger partial charge in [-0.15, -0.1) is 12.4 Å². The van der Waals surface area contributed by atoms with E-state index in [4.69, 9.17) is 21.1 Å². The molecule has 0 bridgehead atoms. The quantitative estimate of drug-likeness (QED) is 0.414. The summed E-state index contributed by atoms with van der Waals surface area (Å²) in [6.45, 7) is 5.97. The van der Waals surface area contributed by atoms with E-state index in [0.29, 0.717) is 13.2 Å². The van der Waals surface area contributed by atoms with Crippen LogP contribution in [0.1, 0.15) is 36.6 Å². The molecule has 3 aromatic rings. The lowest BCUT2D eigenvalue weighted by atomic mass is 10.1. The molecule has 0 amide bonds. The second-order valence-electron chi connectivity index (χ2n) is 6.64. The zero-order valence-electron chi connectivity index (χ0n) is 16.7. The molecule has 0 saturated heterocycles. The molecule has 0 aliphatic carbocycles. The molecule has 0 fully saturated rings. The van der Waals surface area contributed by atoms with Crippen LogP contribution < -0.4 is 14.8 Å². The first-order valence-corrected chi connectivity index (χ1v) is 9.95. The third-order valence-corrected chi connectivity index (χ3v) is 4.78. The molecule has 0 aliphatic rings. The molecule has 0 aliphatic heterocycles. The van der Waals surface area contributed by atoms with Crippen molar-refractivity contribution in [3.05, 3.63) is 94.5 Å². The van der Waals surface area contributed by atoms with Crippen molar-refractivity contribution in [1.29, 1.82) is 0 Å². The molecule has 0 radical (unpaired) electrons. The Morgan fingerprint density at radius 3 is 2.24 bits per heavy atom. The minimum Gasteiger partial charge on any atom is -0.490 e. The maximum atomic E-state index is 5.98. The first-order valence-electron chi connectivity index (χ1n) is 9.57. The number of hydrogen-bond donors (Lipinski definition) is 1. The molecule has 3 rings (SSSR count). The largest absolute Gasteiger partial charge is 0.490 e. The van der Waals surface area contributed by atoms with E-state index in [1.807, 2.05) is 49.4 Å². The molecule has 1 atom stereocenters. The molecule has 0 aromatic heterocycles. The van der Waals surface area contributed by atoms with Crippen LogP contribution in [-0.4, -0.2) is 6.61 Å². The zero-order chi connectivity index (χ0) is 19.8. The van der Waals surface area contributed by atoms with E-state index in [9.17, 15) is 0 Å². The second-order valence-corrected chi connectivity index (χ2v) is 7.08. The van der Waals surface area contributed by atoms with Gasteiger partial charge >= 0.3 is 0 Å². The highest BCUT2D eigenvalue weighted by Crippen LogP contribution is 2.29. The fourth-order valence-electron chi connectivity index (χ4n) is 2.92. The number of halogens is 2. The molecule has 5 heteroatoms. The molecule has 3 aromatic carbocycles. The molecular weight excluding hydrogens is 405 g/mol. The summed E-state index contributed by atoms with van der Waals surface area (Å²) in [5.74, 6) is 1.51. The van der Waals surface area contributed by atoms with Crippen molar-refractivity contribution in [2.75, 3.05) is 6.61 Å². The topological polar surface area (TPSA) is 30.5 Å². The first kappa shape index (κ1) is 23.1. The highest BCUT2D eigenvalue weighted by Gasteiger charge is 2.09.